The summed E-state index contributed by atoms with van der Waals surface area (Å²) in [5.74, 6) is 0. The van der Waals surface area contributed by atoms with Crippen LogP contribution in [0.5, 0.6) is 0 Å². The smallest absolute Gasteiger partial charge is 2.00 e. The molecule has 0 saturated heterocycles. The predicted octanol–water partition coefficient (Wildman–Crippen LogP) is -0.393. The van der Waals surface area contributed by atoms with E-state index < -0.39 is 0 Å². The first-order valence-electron chi connectivity index (χ1n) is 0. The molecule has 0 nitrogen and oxygen atoms in total. The van der Waals surface area contributed by atoms with Crippen molar-refractivity contribution in [3.05, 3.63) is 0 Å². The van der Waals surface area contributed by atoms with E-state index in [1.165, 1.54) is 0 Å². The third-order valence-electron chi connectivity index (χ3n) is 0. The largest absolute Gasteiger partial charge is 3.00 e. The van der Waals surface area contributed by atoms with Gasteiger partial charge < -0.3 is 67.5 Å². The van der Waals surface area contributed by atoms with Crippen molar-refractivity contribution < 1.29 is 0 Å². The fourth-order valence-corrected chi connectivity index (χ4v) is 0. The molecular weight excluding hydrogens is 282 g/mol. The minimum atomic E-state index is 0. The molecule has 0 atom stereocenters. The van der Waals surface area contributed by atoms with Crippen LogP contribution in [0.1, 0.15) is 0 Å². The molecule has 0 bridgehead atoms. The summed E-state index contributed by atoms with van der Waals surface area (Å²) in [5, 5.41) is 0. The minimum Gasteiger partial charge on any atom is -2.00 e. The van der Waals surface area contributed by atoms with Crippen LogP contribution in [0.4, 0.5) is 0 Å². The minimum absolute atomic E-state index is 0. The fourth-order valence-electron chi connectivity index (χ4n) is 0. The monoisotopic (exact) mass is 281 g/mol. The third-order valence-corrected chi connectivity index (χ3v) is 0. The summed E-state index contributed by atoms with van der Waals surface area (Å²) in [6, 6.07) is 0. The van der Waals surface area contributed by atoms with E-state index in [2.05, 4.69) is 0 Å². The van der Waals surface area contributed by atoms with Crippen LogP contribution in [0, 0.1) is 0 Å². The fraction of sp³-hybridized carbons (Fsp3) is 0. The van der Waals surface area contributed by atoms with Crippen LogP contribution in [0.2, 0.25) is 0 Å². The van der Waals surface area contributed by atoms with E-state index in [0.717, 1.165) is 0 Å². The first-order chi connectivity index (χ1) is 0. The van der Waals surface area contributed by atoms with Gasteiger partial charge in [-0.25, -0.2) is 0 Å². The van der Waals surface area contributed by atoms with Gasteiger partial charge in [-0.15, -0.1) is 0 Å². The zero-order chi connectivity index (χ0) is 0. The van der Waals surface area contributed by atoms with Gasteiger partial charge in [0.15, 0.2) is 0 Å². The molecular formula is S5Sb-7. The molecule has 2 radical (unpaired) electrons. The summed E-state index contributed by atoms with van der Waals surface area (Å²) < 4.78 is 0. The molecule has 0 saturated carbocycles. The van der Waals surface area contributed by atoms with Crippen LogP contribution in [0.3, 0.4) is 0 Å². The van der Waals surface area contributed by atoms with Gasteiger partial charge in [0.25, 0.3) is 0 Å². The van der Waals surface area contributed by atoms with Gasteiger partial charge in [0, 0.05) is 0 Å². The summed E-state index contributed by atoms with van der Waals surface area (Å²) >= 11 is 0. The van der Waals surface area contributed by atoms with Crippen LogP contribution >= 0.6 is 0 Å². The van der Waals surface area contributed by atoms with E-state index in [1.807, 2.05) is 0 Å². The van der Waals surface area contributed by atoms with Gasteiger partial charge in [0.2, 0.25) is 0 Å². The van der Waals surface area contributed by atoms with Crippen LogP contribution in [0.25, 0.3) is 0 Å². The quantitative estimate of drug-likeness (QED) is 0.531. The molecule has 0 heterocycles. The molecule has 0 aliphatic rings. The standard InChI is InChI=1S/5S.Sb/q5*-2;+3. The van der Waals surface area contributed by atoms with E-state index in [-0.39, 0.29) is 91.9 Å². The molecule has 42 valence electrons. The average molecular weight is 282 g/mol. The molecule has 0 amide bonds. The van der Waals surface area contributed by atoms with Crippen LogP contribution in [0.15, 0.2) is 0 Å². The number of hydrogen-bond acceptors (Lipinski definition) is 0. The first kappa shape index (κ1) is 74.4. The van der Waals surface area contributed by atoms with Gasteiger partial charge in [-0.05, 0) is 0 Å². The van der Waals surface area contributed by atoms with Crippen molar-refractivity contribution in [2.45, 2.75) is 0 Å². The molecule has 0 unspecified atom stereocenters. The van der Waals surface area contributed by atoms with Gasteiger partial charge in [-0.3, -0.25) is 0 Å². The van der Waals surface area contributed by atoms with Crippen LogP contribution in [-0.4, -0.2) is 24.4 Å². The van der Waals surface area contributed by atoms with Gasteiger partial charge in [-0.1, -0.05) is 0 Å². The summed E-state index contributed by atoms with van der Waals surface area (Å²) in [6.07, 6.45) is 0. The Morgan fingerprint density at radius 3 is 0.333 bits per heavy atom. The molecule has 0 aromatic heterocycles. The number of rotatable bonds is 0. The van der Waals surface area contributed by atoms with Crippen molar-refractivity contribution in [3.8, 4) is 0 Å². The maximum atomic E-state index is 0. The Morgan fingerprint density at radius 1 is 0.333 bits per heavy atom. The van der Waals surface area contributed by atoms with Crippen molar-refractivity contribution in [2.75, 3.05) is 0 Å². The van der Waals surface area contributed by atoms with Crippen molar-refractivity contribution in [3.63, 3.8) is 0 Å². The molecule has 0 aliphatic heterocycles. The third kappa shape index (κ3) is 30.9. The Labute approximate surface area is 90.9 Å². The molecule has 0 spiro atoms. The van der Waals surface area contributed by atoms with Crippen molar-refractivity contribution in [1.29, 1.82) is 0 Å². The van der Waals surface area contributed by atoms with E-state index in [4.69, 9.17) is 0 Å². The van der Waals surface area contributed by atoms with E-state index in [9.17, 15) is 0 Å². The van der Waals surface area contributed by atoms with Crippen LogP contribution in [-0.2, 0) is 67.5 Å². The molecule has 6 heavy (non-hydrogen) atoms. The molecule has 0 rings (SSSR count). The normalized spacial score (nSPS) is 0. The molecule has 0 aromatic carbocycles. The maximum Gasteiger partial charge on any atom is 3.00 e. The maximum absolute atomic E-state index is 0. The zero-order valence-corrected chi connectivity index (χ0v) is 9.12. The van der Waals surface area contributed by atoms with Gasteiger partial charge in [-0.2, -0.15) is 0 Å². The SMILES string of the molecule is [S-2].[S-2].[S-2].[S-2].[S-2].[Sb+3]. The molecule has 0 N–H and O–H groups in total. The summed E-state index contributed by atoms with van der Waals surface area (Å²) in [6.45, 7) is 0. The van der Waals surface area contributed by atoms with Crippen LogP contribution < -0.4 is 0 Å². The van der Waals surface area contributed by atoms with E-state index in [1.54, 1.807) is 0 Å². The summed E-state index contributed by atoms with van der Waals surface area (Å²) in [7, 11) is 0. The van der Waals surface area contributed by atoms with Crippen molar-refractivity contribution in [1.82, 2.24) is 0 Å². The Balaban J connectivity index is 0. The average Bonchev–Trinajstić information content (AvgIpc) is 0. The second kappa shape index (κ2) is 49.5. The Morgan fingerprint density at radius 2 is 0.333 bits per heavy atom. The second-order valence-electron chi connectivity index (χ2n) is 0. The molecule has 0 aromatic rings. The Bertz CT molecular complexity index is 3.90. The van der Waals surface area contributed by atoms with Gasteiger partial charge in [0.05, 0.1) is 0 Å². The number of hydrogen-bond donors (Lipinski definition) is 0. The summed E-state index contributed by atoms with van der Waals surface area (Å²) in [5.41, 5.74) is 0. The summed E-state index contributed by atoms with van der Waals surface area (Å²) in [4.78, 5) is 0. The molecule has 6 heteroatoms. The van der Waals surface area contributed by atoms with E-state index in [0.29, 0.717) is 0 Å². The van der Waals surface area contributed by atoms with Gasteiger partial charge in [0.1, 0.15) is 0 Å². The Kier molecular flexibility index (Phi) is 614. The van der Waals surface area contributed by atoms with Gasteiger partial charge >= 0.3 is 24.4 Å². The molecule has 0 fully saturated rings. The second-order valence-corrected chi connectivity index (χ2v) is 0. The zero-order valence-electron chi connectivity index (χ0n) is 2.49. The molecule has 0 aliphatic carbocycles. The first-order valence-corrected chi connectivity index (χ1v) is 0. The van der Waals surface area contributed by atoms with Crippen molar-refractivity contribution >= 4 is 91.9 Å². The topological polar surface area (TPSA) is 0 Å². The predicted molar refractivity (Wildman–Crippen MR) is 42.6 cm³/mol. The Hall–Kier alpha value is 2.57. The van der Waals surface area contributed by atoms with E-state index >= 15 is 0 Å². The van der Waals surface area contributed by atoms with Crippen molar-refractivity contribution in [2.24, 2.45) is 0 Å².